The minimum absolute atomic E-state index is 0.0228. The first kappa shape index (κ1) is 79.6. The number of unbranched alkanes of at least 4 members (excludes halogenated alkanes) is 58. The number of amides is 1. The predicted octanol–water partition coefficient (Wildman–Crippen LogP) is 24.3. The van der Waals surface area contributed by atoms with E-state index in [0.29, 0.717) is 25.9 Å². The van der Waals surface area contributed by atoms with Crippen molar-refractivity contribution in [2.45, 2.75) is 443 Å². The molecule has 0 aromatic carbocycles. The van der Waals surface area contributed by atoms with Crippen LogP contribution in [0.1, 0.15) is 431 Å². The van der Waals surface area contributed by atoms with Crippen molar-refractivity contribution in [2.75, 3.05) is 13.2 Å². The summed E-state index contributed by atoms with van der Waals surface area (Å²) in [5, 5.41) is 23.4. The second-order valence-corrected chi connectivity index (χ2v) is 26.0. The molecule has 0 heterocycles. The number of allylic oxidation sites excluding steroid dienone is 2. The summed E-state index contributed by atoms with van der Waals surface area (Å²) < 4.78 is 5.51. The van der Waals surface area contributed by atoms with Crippen molar-refractivity contribution in [2.24, 2.45) is 0 Å². The van der Waals surface area contributed by atoms with Gasteiger partial charge in [-0.15, -0.1) is 0 Å². The topological polar surface area (TPSA) is 95.9 Å². The summed E-state index contributed by atoms with van der Waals surface area (Å²) in [6.45, 7) is 5.00. The molecule has 0 spiro atoms. The van der Waals surface area contributed by atoms with Gasteiger partial charge in [0.05, 0.1) is 25.4 Å². The number of aliphatic hydroxyl groups excluding tert-OH is 2. The Morgan fingerprint density at radius 2 is 0.580 bits per heavy atom. The summed E-state index contributed by atoms with van der Waals surface area (Å²) in [6.07, 6.45) is 88.5. The van der Waals surface area contributed by atoms with Gasteiger partial charge in [-0.05, 0) is 51.4 Å². The van der Waals surface area contributed by atoms with Crippen LogP contribution in [-0.4, -0.2) is 47.4 Å². The van der Waals surface area contributed by atoms with Gasteiger partial charge in [0.15, 0.2) is 0 Å². The SMILES string of the molecule is CCCCCCCCCCCCCCCCCCCC(=O)OCCCCCCCCCCCCCC/C=C\CCCCCCCCCCCCCCCCCC(=O)NC(CO)C(O)CCCCCCCCCCCCCCCCCC. The van der Waals surface area contributed by atoms with Crippen LogP contribution in [-0.2, 0) is 14.3 Å². The lowest BCUT2D eigenvalue weighted by Gasteiger charge is -2.22. The average Bonchev–Trinajstić information content (AvgIpc) is 3.47. The molecule has 0 rings (SSSR count). The Balaban J connectivity index is 3.33. The molecule has 482 valence electrons. The first-order valence-electron chi connectivity index (χ1n) is 37.4. The van der Waals surface area contributed by atoms with E-state index in [1.54, 1.807) is 0 Å². The van der Waals surface area contributed by atoms with Crippen LogP contribution in [0.4, 0.5) is 0 Å². The van der Waals surface area contributed by atoms with Crippen LogP contribution in [0.2, 0.25) is 0 Å². The van der Waals surface area contributed by atoms with Gasteiger partial charge >= 0.3 is 5.97 Å². The van der Waals surface area contributed by atoms with E-state index in [2.05, 4.69) is 31.3 Å². The van der Waals surface area contributed by atoms with Crippen molar-refractivity contribution in [3.63, 3.8) is 0 Å². The highest BCUT2D eigenvalue weighted by Gasteiger charge is 2.20. The molecule has 2 unspecified atom stereocenters. The number of hydrogen-bond donors (Lipinski definition) is 3. The van der Waals surface area contributed by atoms with Gasteiger partial charge in [0.1, 0.15) is 0 Å². The minimum atomic E-state index is -0.662. The number of hydrogen-bond acceptors (Lipinski definition) is 5. The molecule has 0 aromatic rings. The Hall–Kier alpha value is -1.40. The summed E-state index contributed by atoms with van der Waals surface area (Å²) in [7, 11) is 0. The summed E-state index contributed by atoms with van der Waals surface area (Å²) in [6, 6.07) is -0.539. The lowest BCUT2D eigenvalue weighted by Crippen LogP contribution is -2.45. The number of ether oxygens (including phenoxy) is 1. The molecular weight excluding hydrogens is 995 g/mol. The Morgan fingerprint density at radius 3 is 0.877 bits per heavy atom. The molecule has 2 atom stereocenters. The molecule has 1 amide bonds. The van der Waals surface area contributed by atoms with Gasteiger partial charge in [0, 0.05) is 12.8 Å². The van der Waals surface area contributed by atoms with Gasteiger partial charge in [-0.3, -0.25) is 9.59 Å². The van der Waals surface area contributed by atoms with E-state index in [1.807, 2.05) is 0 Å². The van der Waals surface area contributed by atoms with Gasteiger partial charge < -0.3 is 20.3 Å². The number of carbonyl (C=O) groups is 2. The monoisotopic (exact) mass is 1140 g/mol. The van der Waals surface area contributed by atoms with Crippen LogP contribution >= 0.6 is 0 Å². The number of nitrogens with one attached hydrogen (secondary N) is 1. The van der Waals surface area contributed by atoms with E-state index in [4.69, 9.17) is 4.74 Å². The van der Waals surface area contributed by atoms with E-state index in [-0.39, 0.29) is 18.5 Å². The second-order valence-electron chi connectivity index (χ2n) is 26.0. The van der Waals surface area contributed by atoms with Gasteiger partial charge in [0.2, 0.25) is 5.91 Å². The highest BCUT2D eigenvalue weighted by atomic mass is 16.5. The van der Waals surface area contributed by atoms with Gasteiger partial charge in [-0.1, -0.05) is 379 Å². The summed E-state index contributed by atoms with van der Waals surface area (Å²) >= 11 is 0. The maximum Gasteiger partial charge on any atom is 0.305 e. The highest BCUT2D eigenvalue weighted by Crippen LogP contribution is 2.20. The molecule has 0 saturated heterocycles. The van der Waals surface area contributed by atoms with Gasteiger partial charge in [-0.2, -0.15) is 0 Å². The molecule has 0 fully saturated rings. The van der Waals surface area contributed by atoms with Crippen LogP contribution in [0.15, 0.2) is 12.2 Å². The number of rotatable bonds is 71. The third-order valence-corrected chi connectivity index (χ3v) is 17.8. The fourth-order valence-electron chi connectivity index (χ4n) is 12.1. The molecule has 0 aliphatic heterocycles. The van der Waals surface area contributed by atoms with Crippen molar-refractivity contribution >= 4 is 11.9 Å². The lowest BCUT2D eigenvalue weighted by atomic mass is 10.0. The quantitative estimate of drug-likeness (QED) is 0.0320. The second kappa shape index (κ2) is 71.1. The Morgan fingerprint density at radius 1 is 0.333 bits per heavy atom. The zero-order valence-electron chi connectivity index (χ0n) is 55.3. The smallest absolute Gasteiger partial charge is 0.305 e. The van der Waals surface area contributed by atoms with E-state index >= 15 is 0 Å². The number of aliphatic hydroxyl groups is 2. The maximum absolute atomic E-state index is 12.5. The largest absolute Gasteiger partial charge is 0.466 e. The normalized spacial score (nSPS) is 12.5. The van der Waals surface area contributed by atoms with E-state index in [9.17, 15) is 19.8 Å². The first-order chi connectivity index (χ1) is 40.0. The van der Waals surface area contributed by atoms with Gasteiger partial charge in [0.25, 0.3) is 0 Å². The van der Waals surface area contributed by atoms with Crippen molar-refractivity contribution in [1.82, 2.24) is 5.32 Å². The Bertz CT molecular complexity index is 1220. The highest BCUT2D eigenvalue weighted by molar-refractivity contribution is 5.76. The van der Waals surface area contributed by atoms with Crippen molar-refractivity contribution in [1.29, 1.82) is 0 Å². The molecule has 0 bridgehead atoms. The molecule has 81 heavy (non-hydrogen) atoms. The third-order valence-electron chi connectivity index (χ3n) is 17.8. The maximum atomic E-state index is 12.5. The first-order valence-corrected chi connectivity index (χ1v) is 37.4. The Labute approximate surface area is 508 Å². The number of carbonyl (C=O) groups excluding carboxylic acids is 2. The zero-order valence-corrected chi connectivity index (χ0v) is 55.3. The molecule has 0 aliphatic carbocycles. The summed E-state index contributed by atoms with van der Waals surface area (Å²) in [5.74, 6) is -0.00613. The van der Waals surface area contributed by atoms with Crippen molar-refractivity contribution in [3.05, 3.63) is 12.2 Å². The molecule has 0 aromatic heterocycles. The zero-order chi connectivity index (χ0) is 58.5. The van der Waals surface area contributed by atoms with Crippen LogP contribution in [0.25, 0.3) is 0 Å². The average molecular weight is 1140 g/mol. The van der Waals surface area contributed by atoms with Crippen LogP contribution < -0.4 is 5.32 Å². The Kier molecular flexibility index (Phi) is 69.9. The molecule has 0 saturated carbocycles. The molecule has 0 aliphatic rings. The molecule has 6 nitrogen and oxygen atoms in total. The van der Waals surface area contributed by atoms with E-state index in [1.165, 1.54) is 360 Å². The van der Waals surface area contributed by atoms with E-state index < -0.39 is 12.1 Å². The number of esters is 1. The summed E-state index contributed by atoms with van der Waals surface area (Å²) in [5.41, 5.74) is 0. The minimum Gasteiger partial charge on any atom is -0.466 e. The lowest BCUT2D eigenvalue weighted by molar-refractivity contribution is -0.143. The summed E-state index contributed by atoms with van der Waals surface area (Å²) in [4.78, 5) is 24.6. The van der Waals surface area contributed by atoms with Crippen LogP contribution in [0.3, 0.4) is 0 Å². The van der Waals surface area contributed by atoms with Crippen molar-refractivity contribution < 1.29 is 24.5 Å². The van der Waals surface area contributed by atoms with Gasteiger partial charge in [-0.25, -0.2) is 0 Å². The fraction of sp³-hybridized carbons (Fsp3) is 0.947. The molecule has 0 radical (unpaired) electrons. The van der Waals surface area contributed by atoms with Crippen molar-refractivity contribution in [3.8, 4) is 0 Å². The third kappa shape index (κ3) is 67.6. The van der Waals surface area contributed by atoms with Crippen LogP contribution in [0.5, 0.6) is 0 Å². The van der Waals surface area contributed by atoms with E-state index in [0.717, 1.165) is 38.5 Å². The molecular formula is C75H147NO5. The molecule has 3 N–H and O–H groups in total. The van der Waals surface area contributed by atoms with Crippen LogP contribution in [0, 0.1) is 0 Å². The standard InChI is InChI=1S/C75H147NO5/c1-3-5-7-9-11-13-15-17-19-36-41-45-49-53-57-61-65-69-75(80)81-70-66-62-58-54-50-46-42-38-35-33-31-29-27-25-23-21-22-24-26-28-30-32-34-37-40-44-48-52-56-60-64-68-74(79)76-72(71-77)73(78)67-63-59-55-51-47-43-39-20-18-16-14-12-10-8-6-4-2/h23,25,72-73,77-78H,3-22,24,26-71H2,1-2H3,(H,76,79)/b25-23-. The molecule has 6 heteroatoms. The fourth-order valence-corrected chi connectivity index (χ4v) is 12.1. The predicted molar refractivity (Wildman–Crippen MR) is 357 cm³/mol.